The molecule has 5 heteroatoms. The second kappa shape index (κ2) is 4.55. The van der Waals surface area contributed by atoms with E-state index in [4.69, 9.17) is 5.73 Å². The molecular weight excluding hydrogens is 236 g/mol. The first-order valence-corrected chi connectivity index (χ1v) is 6.02. The Hall–Kier alpha value is -1.65. The van der Waals surface area contributed by atoms with Crippen LogP contribution in [0.3, 0.4) is 0 Å². The third-order valence-electron chi connectivity index (χ3n) is 3.38. The van der Waals surface area contributed by atoms with E-state index in [-0.39, 0.29) is 0 Å². The van der Waals surface area contributed by atoms with Crippen molar-refractivity contribution in [3.63, 3.8) is 0 Å². The summed E-state index contributed by atoms with van der Waals surface area (Å²) in [6, 6.07) is 3.64. The van der Waals surface area contributed by atoms with Gasteiger partial charge in [0.15, 0.2) is 5.96 Å². The Kier molecular flexibility index (Phi) is 3.24. The normalized spacial score (nSPS) is 23.3. The van der Waals surface area contributed by atoms with Gasteiger partial charge < -0.3 is 10.6 Å². The maximum absolute atomic E-state index is 13.9. The zero-order chi connectivity index (χ0) is 13.3. The highest BCUT2D eigenvalue weighted by Crippen LogP contribution is 2.34. The van der Waals surface area contributed by atoms with Gasteiger partial charge in [-0.25, -0.2) is 8.78 Å². The molecule has 0 aliphatic carbocycles. The molecule has 0 saturated heterocycles. The van der Waals surface area contributed by atoms with Crippen LogP contribution < -0.4 is 5.73 Å². The van der Waals surface area contributed by atoms with Gasteiger partial charge in [0.2, 0.25) is 0 Å². The largest absolute Gasteiger partial charge is 0.370 e. The monoisotopic (exact) mass is 253 g/mol. The van der Waals surface area contributed by atoms with Crippen molar-refractivity contribution >= 4 is 5.96 Å². The first-order valence-electron chi connectivity index (χ1n) is 6.02. The van der Waals surface area contributed by atoms with E-state index in [1.54, 1.807) is 0 Å². The van der Waals surface area contributed by atoms with Crippen LogP contribution in [0, 0.1) is 11.6 Å². The van der Waals surface area contributed by atoms with Crippen LogP contribution in [0.5, 0.6) is 0 Å². The Bertz CT molecular complexity index is 487. The maximum Gasteiger partial charge on any atom is 0.192 e. The fourth-order valence-corrected chi connectivity index (χ4v) is 2.40. The molecule has 2 N–H and O–H groups in total. The maximum atomic E-state index is 13.9. The van der Waals surface area contributed by atoms with Gasteiger partial charge in [0.1, 0.15) is 11.6 Å². The third kappa shape index (κ3) is 1.94. The summed E-state index contributed by atoms with van der Waals surface area (Å²) in [5.41, 5.74) is 5.64. The summed E-state index contributed by atoms with van der Waals surface area (Å²) in [5, 5.41) is 0. The fraction of sp³-hybridized carbons (Fsp3) is 0.462. The Morgan fingerprint density at radius 1 is 1.44 bits per heavy atom. The van der Waals surface area contributed by atoms with Gasteiger partial charge in [-0.15, -0.1) is 0 Å². The predicted molar refractivity (Wildman–Crippen MR) is 67.2 cm³/mol. The minimum absolute atomic E-state index is 0.390. The summed E-state index contributed by atoms with van der Waals surface area (Å²) in [5.74, 6) is -0.708. The van der Waals surface area contributed by atoms with Crippen LogP contribution in [0.15, 0.2) is 23.2 Å². The molecule has 0 saturated carbocycles. The van der Waals surface area contributed by atoms with Crippen LogP contribution in [0.25, 0.3) is 0 Å². The SMILES string of the molecule is CCCN1C(N)=NCC1(C)c1ccc(F)cc1F. The van der Waals surface area contributed by atoms with Gasteiger partial charge in [-0.2, -0.15) is 0 Å². The summed E-state index contributed by atoms with van der Waals surface area (Å²) in [6.07, 6.45) is 0.884. The van der Waals surface area contributed by atoms with E-state index in [2.05, 4.69) is 4.99 Å². The van der Waals surface area contributed by atoms with Crippen molar-refractivity contribution < 1.29 is 8.78 Å². The van der Waals surface area contributed by atoms with Crippen molar-refractivity contribution in [1.29, 1.82) is 0 Å². The van der Waals surface area contributed by atoms with Gasteiger partial charge in [0.25, 0.3) is 0 Å². The van der Waals surface area contributed by atoms with Gasteiger partial charge in [0, 0.05) is 18.2 Å². The first-order chi connectivity index (χ1) is 8.49. The number of aliphatic imine (C=N–C) groups is 1. The highest BCUT2D eigenvalue weighted by Gasteiger charge is 2.40. The average Bonchev–Trinajstić information content (AvgIpc) is 2.58. The van der Waals surface area contributed by atoms with Crippen molar-refractivity contribution in [1.82, 2.24) is 4.90 Å². The van der Waals surface area contributed by atoms with Gasteiger partial charge in [0.05, 0.1) is 12.1 Å². The lowest BCUT2D eigenvalue weighted by molar-refractivity contribution is 0.218. The van der Waals surface area contributed by atoms with E-state index in [1.165, 1.54) is 12.1 Å². The first kappa shape index (κ1) is 12.8. The summed E-state index contributed by atoms with van der Waals surface area (Å²) < 4.78 is 26.9. The number of nitrogens with zero attached hydrogens (tertiary/aromatic N) is 2. The Balaban J connectivity index is 2.42. The molecule has 1 aromatic rings. The molecule has 18 heavy (non-hydrogen) atoms. The van der Waals surface area contributed by atoms with Crippen LogP contribution in [0.2, 0.25) is 0 Å². The molecule has 0 radical (unpaired) electrons. The van der Waals surface area contributed by atoms with Crippen LogP contribution in [0.4, 0.5) is 8.78 Å². The number of rotatable bonds is 3. The minimum atomic E-state index is -0.627. The van der Waals surface area contributed by atoms with Gasteiger partial charge in [-0.3, -0.25) is 4.99 Å². The van der Waals surface area contributed by atoms with Crippen LogP contribution in [-0.2, 0) is 5.54 Å². The quantitative estimate of drug-likeness (QED) is 0.897. The molecule has 0 bridgehead atoms. The lowest BCUT2D eigenvalue weighted by Gasteiger charge is -2.36. The molecule has 3 nitrogen and oxygen atoms in total. The van der Waals surface area contributed by atoms with Crippen molar-refractivity contribution in [3.05, 3.63) is 35.4 Å². The number of hydrogen-bond acceptors (Lipinski definition) is 3. The van der Waals surface area contributed by atoms with Crippen LogP contribution >= 0.6 is 0 Å². The zero-order valence-electron chi connectivity index (χ0n) is 10.6. The van der Waals surface area contributed by atoms with E-state index in [9.17, 15) is 8.78 Å². The van der Waals surface area contributed by atoms with E-state index < -0.39 is 17.2 Å². The Morgan fingerprint density at radius 3 is 2.78 bits per heavy atom. The standard InChI is InChI=1S/C13H17F2N3/c1-3-6-18-12(16)17-8-13(18,2)10-5-4-9(14)7-11(10)15/h4-5,7H,3,6,8H2,1-2H3,(H2,16,17). The molecule has 1 aromatic carbocycles. The highest BCUT2D eigenvalue weighted by molar-refractivity contribution is 5.81. The van der Waals surface area contributed by atoms with Crippen molar-refractivity contribution in [3.8, 4) is 0 Å². The molecule has 0 amide bonds. The van der Waals surface area contributed by atoms with Crippen LogP contribution in [0.1, 0.15) is 25.8 Å². The predicted octanol–water partition coefficient (Wildman–Crippen LogP) is 2.22. The highest BCUT2D eigenvalue weighted by atomic mass is 19.1. The smallest absolute Gasteiger partial charge is 0.192 e. The summed E-state index contributed by atoms with van der Waals surface area (Å²) in [7, 11) is 0. The molecule has 0 fully saturated rings. The number of benzene rings is 1. The number of guanidine groups is 1. The van der Waals surface area contributed by atoms with Crippen molar-refractivity contribution in [2.45, 2.75) is 25.8 Å². The Labute approximate surface area is 105 Å². The van der Waals surface area contributed by atoms with Gasteiger partial charge >= 0.3 is 0 Å². The molecule has 1 unspecified atom stereocenters. The number of nitrogens with two attached hydrogens (primary N) is 1. The molecule has 1 atom stereocenters. The van der Waals surface area contributed by atoms with Crippen molar-refractivity contribution in [2.75, 3.05) is 13.1 Å². The molecule has 98 valence electrons. The van der Waals surface area contributed by atoms with E-state index in [0.29, 0.717) is 24.6 Å². The Morgan fingerprint density at radius 2 is 2.17 bits per heavy atom. The lowest BCUT2D eigenvalue weighted by atomic mass is 9.90. The molecule has 1 aliphatic rings. The third-order valence-corrected chi connectivity index (χ3v) is 3.38. The molecule has 1 heterocycles. The summed E-state index contributed by atoms with van der Waals surface area (Å²) in [4.78, 5) is 6.07. The van der Waals surface area contributed by atoms with Crippen molar-refractivity contribution in [2.24, 2.45) is 10.7 Å². The fourth-order valence-electron chi connectivity index (χ4n) is 2.40. The second-order valence-electron chi connectivity index (χ2n) is 4.72. The number of hydrogen-bond donors (Lipinski definition) is 1. The van der Waals surface area contributed by atoms with E-state index in [1.807, 2.05) is 18.7 Å². The molecular formula is C13H17F2N3. The summed E-state index contributed by atoms with van der Waals surface area (Å²) in [6.45, 7) is 4.99. The zero-order valence-corrected chi connectivity index (χ0v) is 10.6. The lowest BCUT2D eigenvalue weighted by Crippen LogP contribution is -2.48. The molecule has 0 aromatic heterocycles. The molecule has 0 spiro atoms. The molecule has 1 aliphatic heterocycles. The second-order valence-corrected chi connectivity index (χ2v) is 4.72. The van der Waals surface area contributed by atoms with Gasteiger partial charge in [-0.1, -0.05) is 13.0 Å². The topological polar surface area (TPSA) is 41.6 Å². The van der Waals surface area contributed by atoms with E-state index >= 15 is 0 Å². The van der Waals surface area contributed by atoms with Crippen LogP contribution in [-0.4, -0.2) is 23.9 Å². The minimum Gasteiger partial charge on any atom is -0.370 e. The number of halogens is 2. The molecule has 2 rings (SSSR count). The van der Waals surface area contributed by atoms with E-state index in [0.717, 1.165) is 12.5 Å². The summed E-state index contributed by atoms with van der Waals surface area (Å²) >= 11 is 0. The average molecular weight is 253 g/mol. The van der Waals surface area contributed by atoms with Gasteiger partial charge in [-0.05, 0) is 19.4 Å².